The number of morpholine rings is 1. The van der Waals surface area contributed by atoms with Gasteiger partial charge in [0.2, 0.25) is 0 Å². The lowest BCUT2D eigenvalue weighted by atomic mass is 10.2. The van der Waals surface area contributed by atoms with Gasteiger partial charge in [-0.25, -0.2) is 0 Å². The molecule has 1 aliphatic heterocycles. The molecule has 3 heteroatoms. The molecule has 3 nitrogen and oxygen atoms in total. The van der Waals surface area contributed by atoms with Crippen LogP contribution in [0.1, 0.15) is 19.4 Å². The molecule has 17 heavy (non-hydrogen) atoms. The Balaban J connectivity index is 1.95. The van der Waals surface area contributed by atoms with E-state index in [1.165, 1.54) is 5.56 Å². The van der Waals surface area contributed by atoms with Gasteiger partial charge in [0, 0.05) is 19.6 Å². The summed E-state index contributed by atoms with van der Waals surface area (Å²) in [6.45, 7) is 8.83. The van der Waals surface area contributed by atoms with E-state index in [0.717, 1.165) is 38.6 Å². The van der Waals surface area contributed by atoms with Gasteiger partial charge in [0.15, 0.2) is 0 Å². The summed E-state index contributed by atoms with van der Waals surface area (Å²) in [5, 5.41) is 0. The van der Waals surface area contributed by atoms with Gasteiger partial charge in [0.05, 0.1) is 19.3 Å². The van der Waals surface area contributed by atoms with Gasteiger partial charge in [-0.15, -0.1) is 0 Å². The maximum absolute atomic E-state index is 5.70. The highest BCUT2D eigenvalue weighted by atomic mass is 16.5. The van der Waals surface area contributed by atoms with Crippen LogP contribution >= 0.6 is 0 Å². The van der Waals surface area contributed by atoms with E-state index < -0.39 is 0 Å². The molecule has 0 amide bonds. The van der Waals surface area contributed by atoms with E-state index in [9.17, 15) is 0 Å². The van der Waals surface area contributed by atoms with Crippen LogP contribution in [-0.4, -0.2) is 37.3 Å². The molecule has 0 aromatic heterocycles. The van der Waals surface area contributed by atoms with E-state index in [1.54, 1.807) is 0 Å². The zero-order chi connectivity index (χ0) is 12.1. The third-order valence-electron chi connectivity index (χ3n) is 2.78. The van der Waals surface area contributed by atoms with Gasteiger partial charge in [-0.2, -0.15) is 0 Å². The molecule has 0 unspecified atom stereocenters. The number of benzene rings is 1. The van der Waals surface area contributed by atoms with Crippen LogP contribution in [0.3, 0.4) is 0 Å². The predicted octanol–water partition coefficient (Wildman–Crippen LogP) is 2.31. The van der Waals surface area contributed by atoms with Crippen molar-refractivity contribution >= 4 is 0 Å². The first-order valence-corrected chi connectivity index (χ1v) is 6.30. The molecular weight excluding hydrogens is 214 g/mol. The van der Waals surface area contributed by atoms with Crippen LogP contribution in [0.5, 0.6) is 5.75 Å². The SMILES string of the molecule is CC(C)Oc1cccc(CN2CCOCC2)c1. The second-order valence-corrected chi connectivity index (χ2v) is 4.70. The maximum Gasteiger partial charge on any atom is 0.120 e. The van der Waals surface area contributed by atoms with Crippen molar-refractivity contribution in [2.24, 2.45) is 0 Å². The zero-order valence-corrected chi connectivity index (χ0v) is 10.7. The van der Waals surface area contributed by atoms with Crippen LogP contribution in [0, 0.1) is 0 Å². The van der Waals surface area contributed by atoms with Crippen molar-refractivity contribution in [3.8, 4) is 5.75 Å². The van der Waals surface area contributed by atoms with Gasteiger partial charge in [-0.3, -0.25) is 4.90 Å². The summed E-state index contributed by atoms with van der Waals surface area (Å²) in [5.74, 6) is 0.964. The van der Waals surface area contributed by atoms with E-state index in [0.29, 0.717) is 0 Å². The van der Waals surface area contributed by atoms with Gasteiger partial charge in [-0.05, 0) is 31.5 Å². The number of hydrogen-bond donors (Lipinski definition) is 0. The van der Waals surface area contributed by atoms with Gasteiger partial charge in [0.1, 0.15) is 5.75 Å². The first-order chi connectivity index (χ1) is 8.24. The van der Waals surface area contributed by atoms with Gasteiger partial charge in [-0.1, -0.05) is 12.1 Å². The van der Waals surface area contributed by atoms with Crippen LogP contribution in [-0.2, 0) is 11.3 Å². The number of rotatable bonds is 4. The van der Waals surface area contributed by atoms with Crippen LogP contribution in [0.2, 0.25) is 0 Å². The molecule has 1 fully saturated rings. The summed E-state index contributed by atoms with van der Waals surface area (Å²) in [7, 11) is 0. The molecule has 1 heterocycles. The number of ether oxygens (including phenoxy) is 2. The molecule has 1 aromatic rings. The molecule has 0 atom stereocenters. The first kappa shape index (κ1) is 12.4. The summed E-state index contributed by atoms with van der Waals surface area (Å²) < 4.78 is 11.0. The van der Waals surface area contributed by atoms with E-state index in [1.807, 2.05) is 6.07 Å². The topological polar surface area (TPSA) is 21.7 Å². The maximum atomic E-state index is 5.70. The Kier molecular flexibility index (Phi) is 4.40. The normalized spacial score (nSPS) is 17.4. The Morgan fingerprint density at radius 3 is 2.76 bits per heavy atom. The molecule has 1 aliphatic rings. The van der Waals surface area contributed by atoms with Gasteiger partial charge < -0.3 is 9.47 Å². The molecule has 0 N–H and O–H groups in total. The zero-order valence-electron chi connectivity index (χ0n) is 10.7. The van der Waals surface area contributed by atoms with Crippen LogP contribution in [0.15, 0.2) is 24.3 Å². The van der Waals surface area contributed by atoms with E-state index in [4.69, 9.17) is 9.47 Å². The Hall–Kier alpha value is -1.06. The molecule has 94 valence electrons. The minimum Gasteiger partial charge on any atom is -0.491 e. The highest BCUT2D eigenvalue weighted by Crippen LogP contribution is 2.16. The Morgan fingerprint density at radius 1 is 1.29 bits per heavy atom. The standard InChI is InChI=1S/C14H21NO2/c1-12(2)17-14-5-3-4-13(10-14)11-15-6-8-16-9-7-15/h3-5,10,12H,6-9,11H2,1-2H3. The highest BCUT2D eigenvalue weighted by molar-refractivity contribution is 5.28. The molecule has 0 bridgehead atoms. The summed E-state index contributed by atoms with van der Waals surface area (Å²) >= 11 is 0. The third kappa shape index (κ3) is 4.02. The Morgan fingerprint density at radius 2 is 2.06 bits per heavy atom. The lowest BCUT2D eigenvalue weighted by molar-refractivity contribution is 0.0341. The average molecular weight is 235 g/mol. The summed E-state index contributed by atoms with van der Waals surface area (Å²) in [5.41, 5.74) is 1.31. The molecular formula is C14H21NO2. The van der Waals surface area contributed by atoms with Crippen LogP contribution < -0.4 is 4.74 Å². The lowest BCUT2D eigenvalue weighted by Crippen LogP contribution is -2.35. The largest absolute Gasteiger partial charge is 0.491 e. The summed E-state index contributed by atoms with van der Waals surface area (Å²) in [4.78, 5) is 2.41. The van der Waals surface area contributed by atoms with Crippen molar-refractivity contribution in [1.82, 2.24) is 4.90 Å². The molecule has 0 aliphatic carbocycles. The minimum absolute atomic E-state index is 0.230. The van der Waals surface area contributed by atoms with E-state index in [2.05, 4.69) is 36.9 Å². The van der Waals surface area contributed by atoms with Gasteiger partial charge in [0.25, 0.3) is 0 Å². The fourth-order valence-electron chi connectivity index (χ4n) is 2.01. The van der Waals surface area contributed by atoms with Crippen molar-refractivity contribution in [3.63, 3.8) is 0 Å². The van der Waals surface area contributed by atoms with Gasteiger partial charge >= 0.3 is 0 Å². The van der Waals surface area contributed by atoms with Crippen molar-refractivity contribution in [1.29, 1.82) is 0 Å². The monoisotopic (exact) mass is 235 g/mol. The van der Waals surface area contributed by atoms with E-state index >= 15 is 0 Å². The smallest absolute Gasteiger partial charge is 0.120 e. The average Bonchev–Trinajstić information content (AvgIpc) is 2.30. The number of nitrogens with zero attached hydrogens (tertiary/aromatic N) is 1. The number of hydrogen-bond acceptors (Lipinski definition) is 3. The third-order valence-corrected chi connectivity index (χ3v) is 2.78. The second kappa shape index (κ2) is 6.03. The molecule has 0 saturated carbocycles. The van der Waals surface area contributed by atoms with Crippen LogP contribution in [0.4, 0.5) is 0 Å². The molecule has 1 saturated heterocycles. The summed E-state index contributed by atoms with van der Waals surface area (Å²) in [6.07, 6.45) is 0.230. The van der Waals surface area contributed by atoms with Crippen LogP contribution in [0.25, 0.3) is 0 Å². The highest BCUT2D eigenvalue weighted by Gasteiger charge is 2.10. The van der Waals surface area contributed by atoms with Crippen molar-refractivity contribution in [3.05, 3.63) is 29.8 Å². The Bertz CT molecular complexity index is 346. The quantitative estimate of drug-likeness (QED) is 0.799. The van der Waals surface area contributed by atoms with Crippen molar-refractivity contribution < 1.29 is 9.47 Å². The van der Waals surface area contributed by atoms with Crippen molar-refractivity contribution in [2.45, 2.75) is 26.5 Å². The fourth-order valence-corrected chi connectivity index (χ4v) is 2.01. The lowest BCUT2D eigenvalue weighted by Gasteiger charge is -2.26. The van der Waals surface area contributed by atoms with Crippen molar-refractivity contribution in [2.75, 3.05) is 26.3 Å². The van der Waals surface area contributed by atoms with E-state index in [-0.39, 0.29) is 6.10 Å². The molecule has 2 rings (SSSR count). The summed E-state index contributed by atoms with van der Waals surface area (Å²) in [6, 6.07) is 8.37. The minimum atomic E-state index is 0.230. The Labute approximate surface area is 103 Å². The molecule has 0 spiro atoms. The fraction of sp³-hybridized carbons (Fsp3) is 0.571. The molecule has 0 radical (unpaired) electrons. The predicted molar refractivity (Wildman–Crippen MR) is 68.3 cm³/mol. The first-order valence-electron chi connectivity index (χ1n) is 6.30. The molecule has 1 aromatic carbocycles. The second-order valence-electron chi connectivity index (χ2n) is 4.70.